The Hall–Kier alpha value is -3.14. The summed E-state index contributed by atoms with van der Waals surface area (Å²) in [4.78, 5) is 16.2. The zero-order valence-corrected chi connectivity index (χ0v) is 11.7. The van der Waals surface area contributed by atoms with E-state index in [0.29, 0.717) is 22.9 Å². The Labute approximate surface area is 128 Å². The summed E-state index contributed by atoms with van der Waals surface area (Å²) in [6.07, 6.45) is 1.51. The van der Waals surface area contributed by atoms with E-state index >= 15 is 0 Å². The van der Waals surface area contributed by atoms with Crippen molar-refractivity contribution in [2.45, 2.75) is 0 Å². The number of para-hydroxylation sites is 2. The van der Waals surface area contributed by atoms with Crippen LogP contribution in [0.5, 0.6) is 17.4 Å². The van der Waals surface area contributed by atoms with Gasteiger partial charge >= 0.3 is 5.97 Å². The number of rotatable bonds is 4. The number of carbonyl (C=O) groups is 1. The molecule has 0 unspecified atom stereocenters. The highest BCUT2D eigenvalue weighted by Crippen LogP contribution is 2.20. The maximum Gasteiger partial charge on any atom is 0.343 e. The lowest BCUT2D eigenvalue weighted by Gasteiger charge is -2.07. The molecule has 4 heteroatoms. The number of benzene rings is 2. The van der Waals surface area contributed by atoms with E-state index in [4.69, 9.17) is 9.47 Å². The van der Waals surface area contributed by atoms with E-state index in [9.17, 15) is 4.79 Å². The first-order valence-corrected chi connectivity index (χ1v) is 6.77. The predicted molar refractivity (Wildman–Crippen MR) is 82.2 cm³/mol. The fourth-order valence-corrected chi connectivity index (χ4v) is 1.86. The first-order chi connectivity index (χ1) is 10.8. The molecule has 22 heavy (non-hydrogen) atoms. The van der Waals surface area contributed by atoms with Gasteiger partial charge in [0.25, 0.3) is 0 Å². The van der Waals surface area contributed by atoms with E-state index in [2.05, 4.69) is 4.98 Å². The molecule has 1 aromatic heterocycles. The third kappa shape index (κ3) is 3.49. The molecule has 0 spiro atoms. The number of hydrogen-bond donors (Lipinski definition) is 0. The van der Waals surface area contributed by atoms with Crippen molar-refractivity contribution in [2.24, 2.45) is 0 Å². The summed E-state index contributed by atoms with van der Waals surface area (Å²) in [6, 6.07) is 21.3. The molecule has 3 aromatic rings. The topological polar surface area (TPSA) is 48.4 Å². The number of hydrogen-bond acceptors (Lipinski definition) is 4. The van der Waals surface area contributed by atoms with E-state index < -0.39 is 5.97 Å². The van der Waals surface area contributed by atoms with Crippen molar-refractivity contribution in [2.75, 3.05) is 0 Å². The lowest BCUT2D eigenvalue weighted by Crippen LogP contribution is -2.08. The monoisotopic (exact) mass is 291 g/mol. The summed E-state index contributed by atoms with van der Waals surface area (Å²) in [7, 11) is 0. The van der Waals surface area contributed by atoms with E-state index in [1.807, 2.05) is 36.4 Å². The van der Waals surface area contributed by atoms with Crippen LogP contribution in [0.4, 0.5) is 0 Å². The molecule has 0 radical (unpaired) electrons. The minimum Gasteiger partial charge on any atom is -0.439 e. The quantitative estimate of drug-likeness (QED) is 0.536. The van der Waals surface area contributed by atoms with Crippen LogP contribution in [0.2, 0.25) is 0 Å². The Morgan fingerprint density at radius 2 is 1.45 bits per heavy atom. The minimum absolute atomic E-state index is 0.341. The van der Waals surface area contributed by atoms with Crippen molar-refractivity contribution in [3.63, 3.8) is 0 Å². The van der Waals surface area contributed by atoms with Gasteiger partial charge in [0.15, 0.2) is 0 Å². The summed E-state index contributed by atoms with van der Waals surface area (Å²) >= 11 is 0. The van der Waals surface area contributed by atoms with Gasteiger partial charge < -0.3 is 9.47 Å². The lowest BCUT2D eigenvalue weighted by molar-refractivity contribution is 0.0734. The molecule has 1 heterocycles. The number of ether oxygens (including phenoxy) is 2. The summed E-state index contributed by atoms with van der Waals surface area (Å²) in [6.45, 7) is 0. The molecule has 0 aliphatic heterocycles. The minimum atomic E-state index is -0.452. The Kier molecular flexibility index (Phi) is 4.11. The molecule has 0 bridgehead atoms. The molecule has 0 saturated heterocycles. The van der Waals surface area contributed by atoms with Gasteiger partial charge in [-0.25, -0.2) is 9.78 Å². The van der Waals surface area contributed by atoms with Crippen molar-refractivity contribution in [1.82, 2.24) is 4.98 Å². The van der Waals surface area contributed by atoms with E-state index in [0.717, 1.165) is 0 Å². The van der Waals surface area contributed by atoms with Crippen LogP contribution >= 0.6 is 0 Å². The first-order valence-electron chi connectivity index (χ1n) is 6.77. The Morgan fingerprint density at radius 3 is 2.14 bits per heavy atom. The number of nitrogens with zero attached hydrogens (tertiary/aromatic N) is 1. The predicted octanol–water partition coefficient (Wildman–Crippen LogP) is 4.09. The largest absolute Gasteiger partial charge is 0.439 e. The molecular weight excluding hydrogens is 278 g/mol. The zero-order valence-electron chi connectivity index (χ0n) is 11.7. The van der Waals surface area contributed by atoms with Gasteiger partial charge in [-0.1, -0.05) is 36.4 Å². The smallest absolute Gasteiger partial charge is 0.343 e. The van der Waals surface area contributed by atoms with Crippen molar-refractivity contribution in [3.8, 4) is 17.4 Å². The number of aromatic nitrogens is 1. The van der Waals surface area contributed by atoms with E-state index in [1.165, 1.54) is 6.20 Å². The number of carbonyl (C=O) groups excluding carboxylic acids is 1. The fraction of sp³-hybridized carbons (Fsp3) is 0. The Morgan fingerprint density at radius 1 is 0.818 bits per heavy atom. The highest BCUT2D eigenvalue weighted by Gasteiger charge is 2.10. The fourth-order valence-electron chi connectivity index (χ4n) is 1.86. The van der Waals surface area contributed by atoms with Crippen molar-refractivity contribution in [1.29, 1.82) is 0 Å². The average Bonchev–Trinajstić information content (AvgIpc) is 2.57. The molecule has 3 rings (SSSR count). The molecule has 4 nitrogen and oxygen atoms in total. The van der Waals surface area contributed by atoms with Gasteiger partial charge in [-0.15, -0.1) is 0 Å². The summed E-state index contributed by atoms with van der Waals surface area (Å²) in [5.74, 6) is 1.04. The second-order valence-electron chi connectivity index (χ2n) is 4.50. The Balaban J connectivity index is 1.75. The molecular formula is C18H13NO3. The molecule has 0 saturated carbocycles. The standard InChI is InChI=1S/C18H13NO3/c20-18(22-16-9-5-2-6-10-16)14-11-12-19-17(13-14)21-15-7-3-1-4-8-15/h1-13H. The van der Waals surface area contributed by atoms with E-state index in [-0.39, 0.29) is 0 Å². The van der Waals surface area contributed by atoms with Crippen LogP contribution in [0, 0.1) is 0 Å². The van der Waals surface area contributed by atoms with Crippen molar-refractivity contribution in [3.05, 3.63) is 84.6 Å². The van der Waals surface area contributed by atoms with Crippen LogP contribution in [-0.2, 0) is 0 Å². The lowest BCUT2D eigenvalue weighted by atomic mass is 10.2. The zero-order chi connectivity index (χ0) is 15.2. The highest BCUT2D eigenvalue weighted by atomic mass is 16.5. The van der Waals surface area contributed by atoms with Gasteiger partial charge in [-0.05, 0) is 30.3 Å². The molecule has 0 aliphatic carbocycles. The van der Waals surface area contributed by atoms with Crippen molar-refractivity contribution >= 4 is 5.97 Å². The van der Waals surface area contributed by atoms with Crippen LogP contribution in [0.15, 0.2) is 79.0 Å². The van der Waals surface area contributed by atoms with Gasteiger partial charge in [-0.2, -0.15) is 0 Å². The van der Waals surface area contributed by atoms with Crippen LogP contribution in [0.3, 0.4) is 0 Å². The van der Waals surface area contributed by atoms with Gasteiger partial charge in [0.05, 0.1) is 5.56 Å². The third-order valence-corrected chi connectivity index (χ3v) is 2.89. The third-order valence-electron chi connectivity index (χ3n) is 2.89. The summed E-state index contributed by atoms with van der Waals surface area (Å²) in [5, 5.41) is 0. The van der Waals surface area contributed by atoms with Gasteiger partial charge in [0.1, 0.15) is 11.5 Å². The molecule has 108 valence electrons. The van der Waals surface area contributed by atoms with Crippen LogP contribution in [-0.4, -0.2) is 11.0 Å². The van der Waals surface area contributed by atoms with Gasteiger partial charge in [0.2, 0.25) is 5.88 Å². The molecule has 2 aromatic carbocycles. The summed E-state index contributed by atoms with van der Waals surface area (Å²) < 4.78 is 10.9. The van der Waals surface area contributed by atoms with E-state index in [1.54, 1.807) is 36.4 Å². The van der Waals surface area contributed by atoms with Crippen molar-refractivity contribution < 1.29 is 14.3 Å². The average molecular weight is 291 g/mol. The normalized spacial score (nSPS) is 10.0. The number of pyridine rings is 1. The number of esters is 1. The van der Waals surface area contributed by atoms with Gasteiger partial charge in [0, 0.05) is 12.3 Å². The molecule has 0 aliphatic rings. The molecule has 0 N–H and O–H groups in total. The SMILES string of the molecule is O=C(Oc1ccccc1)c1ccnc(Oc2ccccc2)c1. The second kappa shape index (κ2) is 6.54. The summed E-state index contributed by atoms with van der Waals surface area (Å²) in [5.41, 5.74) is 0.379. The van der Waals surface area contributed by atoms with Crippen LogP contribution < -0.4 is 9.47 Å². The maximum absolute atomic E-state index is 12.1. The van der Waals surface area contributed by atoms with Gasteiger partial charge in [-0.3, -0.25) is 0 Å². The first kappa shape index (κ1) is 13.8. The molecule has 0 atom stereocenters. The van der Waals surface area contributed by atoms with Crippen LogP contribution in [0.1, 0.15) is 10.4 Å². The maximum atomic E-state index is 12.1. The molecule has 0 amide bonds. The highest BCUT2D eigenvalue weighted by molar-refractivity contribution is 5.91. The second-order valence-corrected chi connectivity index (χ2v) is 4.50. The molecule has 0 fully saturated rings. The van der Waals surface area contributed by atoms with Crippen LogP contribution in [0.25, 0.3) is 0 Å². The Bertz CT molecular complexity index is 758.